The Hall–Kier alpha value is -2.16. The van der Waals surface area contributed by atoms with E-state index in [1.807, 2.05) is 38.2 Å². The summed E-state index contributed by atoms with van der Waals surface area (Å²) in [4.78, 5) is 11.0. The van der Waals surface area contributed by atoms with Gasteiger partial charge in [0.1, 0.15) is 0 Å². The van der Waals surface area contributed by atoms with Crippen molar-refractivity contribution in [3.8, 4) is 0 Å². The van der Waals surface area contributed by atoms with Gasteiger partial charge < -0.3 is 11.1 Å². The van der Waals surface area contributed by atoms with Crippen molar-refractivity contribution in [3.05, 3.63) is 60.3 Å². The highest BCUT2D eigenvalue weighted by Crippen LogP contribution is 2.14. The molecule has 1 unspecified atom stereocenters. The summed E-state index contributed by atoms with van der Waals surface area (Å²) in [6.07, 6.45) is 11.2. The predicted molar refractivity (Wildman–Crippen MR) is 82.1 cm³/mol. The third-order valence-electron chi connectivity index (χ3n) is 2.53. The summed E-state index contributed by atoms with van der Waals surface area (Å²) in [5.74, 6) is -1.21. The van der Waals surface area contributed by atoms with Gasteiger partial charge in [-0.25, -0.2) is 0 Å². The molecule has 0 aliphatic carbocycles. The number of hydrogen-bond acceptors (Lipinski definition) is 2. The molecule has 0 fully saturated rings. The van der Waals surface area contributed by atoms with Gasteiger partial charge in [-0.2, -0.15) is 0 Å². The zero-order chi connectivity index (χ0) is 14.8. The standard InChI is InChI=1S/C16H22N2O/c1-5-6-7-8-12(2)9-13(3)14(4)10-15(11-17)16(18)19/h5,7-11,15,17H,1,3,6H2,2,4H3,(H2,18,19)/b8-7?,12-9-,14-10+,17-11?. The first kappa shape index (κ1) is 16.8. The fourth-order valence-electron chi connectivity index (χ4n) is 1.38. The molecule has 0 aliphatic heterocycles. The van der Waals surface area contributed by atoms with Crippen molar-refractivity contribution < 1.29 is 4.79 Å². The van der Waals surface area contributed by atoms with Crippen molar-refractivity contribution in [3.63, 3.8) is 0 Å². The van der Waals surface area contributed by atoms with Gasteiger partial charge in [0.2, 0.25) is 5.91 Å². The average molecular weight is 258 g/mol. The molecule has 1 atom stereocenters. The molecule has 1 amide bonds. The summed E-state index contributed by atoms with van der Waals surface area (Å²) < 4.78 is 0. The molecular formula is C16H22N2O. The molecule has 3 heteroatoms. The molecule has 3 nitrogen and oxygen atoms in total. The van der Waals surface area contributed by atoms with Gasteiger partial charge in [-0.3, -0.25) is 4.79 Å². The normalized spacial score (nSPS) is 14.2. The molecule has 0 rings (SSSR count). The van der Waals surface area contributed by atoms with Crippen LogP contribution in [0.3, 0.4) is 0 Å². The lowest BCUT2D eigenvalue weighted by atomic mass is 10.0. The third-order valence-corrected chi connectivity index (χ3v) is 2.53. The van der Waals surface area contributed by atoms with E-state index in [2.05, 4.69) is 13.2 Å². The maximum absolute atomic E-state index is 11.0. The van der Waals surface area contributed by atoms with Crippen LogP contribution in [-0.4, -0.2) is 12.1 Å². The second kappa shape index (κ2) is 8.86. The van der Waals surface area contributed by atoms with Gasteiger partial charge in [0.25, 0.3) is 0 Å². The van der Waals surface area contributed by atoms with Gasteiger partial charge in [0, 0.05) is 6.21 Å². The maximum atomic E-state index is 11.0. The molecule has 0 spiro atoms. The zero-order valence-corrected chi connectivity index (χ0v) is 11.6. The van der Waals surface area contributed by atoms with E-state index in [0.29, 0.717) is 0 Å². The molecule has 0 aromatic heterocycles. The van der Waals surface area contributed by atoms with Gasteiger partial charge in [0.15, 0.2) is 0 Å². The largest absolute Gasteiger partial charge is 0.369 e. The number of amides is 1. The quantitative estimate of drug-likeness (QED) is 0.391. The summed E-state index contributed by atoms with van der Waals surface area (Å²) in [5, 5.41) is 7.14. The summed E-state index contributed by atoms with van der Waals surface area (Å²) in [6, 6.07) is 0. The summed E-state index contributed by atoms with van der Waals surface area (Å²) in [6.45, 7) is 11.4. The van der Waals surface area contributed by atoms with Crippen molar-refractivity contribution >= 4 is 12.1 Å². The van der Waals surface area contributed by atoms with Crippen molar-refractivity contribution in [2.45, 2.75) is 20.3 Å². The number of carbonyl (C=O) groups is 1. The van der Waals surface area contributed by atoms with E-state index >= 15 is 0 Å². The van der Waals surface area contributed by atoms with Crippen molar-refractivity contribution in [2.24, 2.45) is 11.7 Å². The minimum Gasteiger partial charge on any atom is -0.369 e. The van der Waals surface area contributed by atoms with Crippen LogP contribution in [0.5, 0.6) is 0 Å². The second-order valence-electron chi connectivity index (χ2n) is 4.28. The first-order valence-corrected chi connectivity index (χ1v) is 6.05. The molecule has 0 aromatic carbocycles. The minimum atomic E-state index is -0.679. The monoisotopic (exact) mass is 258 g/mol. The molecule has 0 aromatic rings. The van der Waals surface area contributed by atoms with Gasteiger partial charge in [0.05, 0.1) is 5.92 Å². The van der Waals surface area contributed by atoms with Crippen LogP contribution in [0, 0.1) is 11.3 Å². The molecule has 0 aliphatic rings. The minimum absolute atomic E-state index is 0.534. The Morgan fingerprint density at radius 1 is 1.42 bits per heavy atom. The van der Waals surface area contributed by atoms with E-state index in [1.54, 1.807) is 6.08 Å². The summed E-state index contributed by atoms with van der Waals surface area (Å²) >= 11 is 0. The van der Waals surface area contributed by atoms with E-state index < -0.39 is 11.8 Å². The van der Waals surface area contributed by atoms with Crippen LogP contribution in [0.1, 0.15) is 20.3 Å². The van der Waals surface area contributed by atoms with Crippen molar-refractivity contribution in [1.82, 2.24) is 0 Å². The first-order valence-electron chi connectivity index (χ1n) is 6.05. The topological polar surface area (TPSA) is 66.9 Å². The molecule has 0 saturated heterocycles. The van der Waals surface area contributed by atoms with E-state index in [4.69, 9.17) is 11.1 Å². The Morgan fingerprint density at radius 2 is 2.05 bits per heavy atom. The van der Waals surface area contributed by atoms with Crippen LogP contribution in [0.2, 0.25) is 0 Å². The predicted octanol–water partition coefficient (Wildman–Crippen LogP) is 3.32. The number of allylic oxidation sites excluding steroid dienone is 7. The Kier molecular flexibility index (Phi) is 7.85. The zero-order valence-electron chi connectivity index (χ0n) is 11.6. The Labute approximate surface area is 115 Å². The molecule has 0 radical (unpaired) electrons. The van der Waals surface area contributed by atoms with Crippen LogP contribution < -0.4 is 5.73 Å². The molecule has 3 N–H and O–H groups in total. The maximum Gasteiger partial charge on any atom is 0.229 e. The fraction of sp³-hybridized carbons (Fsp3) is 0.250. The lowest BCUT2D eigenvalue weighted by molar-refractivity contribution is -0.118. The smallest absolute Gasteiger partial charge is 0.229 e. The van der Waals surface area contributed by atoms with E-state index in [0.717, 1.165) is 29.4 Å². The number of primary amides is 1. The van der Waals surface area contributed by atoms with Gasteiger partial charge in [-0.15, -0.1) is 6.58 Å². The number of nitrogens with two attached hydrogens (primary N) is 1. The highest BCUT2D eigenvalue weighted by molar-refractivity contribution is 5.93. The van der Waals surface area contributed by atoms with Gasteiger partial charge in [-0.1, -0.05) is 42.5 Å². The molecule has 0 saturated carbocycles. The van der Waals surface area contributed by atoms with E-state index in [1.165, 1.54) is 0 Å². The van der Waals surface area contributed by atoms with Crippen LogP contribution in [0.25, 0.3) is 0 Å². The van der Waals surface area contributed by atoms with Crippen LogP contribution in [-0.2, 0) is 4.79 Å². The second-order valence-corrected chi connectivity index (χ2v) is 4.28. The number of hydrogen-bond donors (Lipinski definition) is 2. The highest BCUT2D eigenvalue weighted by atomic mass is 16.1. The Morgan fingerprint density at radius 3 is 2.53 bits per heavy atom. The van der Waals surface area contributed by atoms with Crippen molar-refractivity contribution in [2.75, 3.05) is 0 Å². The van der Waals surface area contributed by atoms with Crippen LogP contribution in [0.15, 0.2) is 60.3 Å². The molecule has 102 valence electrons. The Balaban J connectivity index is 4.86. The Bertz CT molecular complexity index is 453. The highest BCUT2D eigenvalue weighted by Gasteiger charge is 2.09. The average Bonchev–Trinajstić information content (AvgIpc) is 2.35. The number of rotatable bonds is 8. The third kappa shape index (κ3) is 6.99. The number of nitrogens with one attached hydrogen (secondary N) is 1. The van der Waals surface area contributed by atoms with Gasteiger partial charge in [-0.05, 0) is 31.4 Å². The van der Waals surface area contributed by atoms with Crippen molar-refractivity contribution in [1.29, 1.82) is 5.41 Å². The molecule has 0 heterocycles. The molecular weight excluding hydrogens is 236 g/mol. The summed E-state index contributed by atoms with van der Waals surface area (Å²) in [7, 11) is 0. The molecule has 0 bridgehead atoms. The van der Waals surface area contributed by atoms with Crippen LogP contribution >= 0.6 is 0 Å². The van der Waals surface area contributed by atoms with E-state index in [9.17, 15) is 4.79 Å². The summed E-state index contributed by atoms with van der Waals surface area (Å²) in [5.41, 5.74) is 7.87. The number of carbonyl (C=O) groups excluding carboxylic acids is 1. The fourth-order valence-corrected chi connectivity index (χ4v) is 1.38. The van der Waals surface area contributed by atoms with E-state index in [-0.39, 0.29) is 0 Å². The van der Waals surface area contributed by atoms with Crippen LogP contribution in [0.4, 0.5) is 0 Å². The lowest BCUT2D eigenvalue weighted by Crippen LogP contribution is -2.22. The van der Waals surface area contributed by atoms with Gasteiger partial charge >= 0.3 is 0 Å². The SMILES string of the molecule is C=CCC=C/C(C)=C\C(=C)/C(C)=C/C(C=N)C(N)=O. The lowest BCUT2D eigenvalue weighted by Gasteiger charge is -2.06. The molecule has 19 heavy (non-hydrogen) atoms. The first-order chi connectivity index (χ1) is 8.92.